The molecule has 1 N–H and O–H groups in total. The molecule has 0 spiro atoms. The van der Waals surface area contributed by atoms with Crippen LogP contribution in [0.4, 0.5) is 8.78 Å². The van der Waals surface area contributed by atoms with Gasteiger partial charge in [0.1, 0.15) is 0 Å². The Morgan fingerprint density at radius 2 is 1.67 bits per heavy atom. The minimum atomic E-state index is -3.92. The van der Waals surface area contributed by atoms with Gasteiger partial charge in [0.05, 0.1) is 10.8 Å². The topological polar surface area (TPSA) is 104 Å². The van der Waals surface area contributed by atoms with E-state index in [1.807, 2.05) is 30.3 Å². The largest absolute Gasteiger partial charge is 0.342 e. The number of nitrogens with zero attached hydrogens (tertiary/aromatic N) is 2. The number of likely N-dealkylation sites (tertiary alicyclic amines) is 1. The SMILES string of the molecule is C=CS(=O)(=O)NC[C@H]1CCCN1S(=O)(=O)c1ccc(C(Cc2ccccc2)C(=O)N2CCC(F)(F)CC2)cc1. The lowest BCUT2D eigenvalue weighted by Crippen LogP contribution is -2.45. The van der Waals surface area contributed by atoms with Crippen LogP contribution in [0.1, 0.15) is 42.7 Å². The zero-order valence-corrected chi connectivity index (χ0v) is 23.1. The van der Waals surface area contributed by atoms with E-state index < -0.39 is 37.9 Å². The van der Waals surface area contributed by atoms with Crippen molar-refractivity contribution in [3.05, 3.63) is 77.7 Å². The summed E-state index contributed by atoms with van der Waals surface area (Å²) in [6, 6.07) is 14.9. The highest BCUT2D eigenvalue weighted by molar-refractivity contribution is 7.92. The number of carbonyl (C=O) groups excluding carboxylic acids is 1. The fourth-order valence-electron chi connectivity index (χ4n) is 5.08. The standard InChI is InChI=1S/C27H33F2N3O5S2/c1-2-38(34,35)30-20-23-9-6-16-32(23)39(36,37)24-12-10-22(11-13-24)25(19-21-7-4-3-5-8-21)26(33)31-17-14-27(28,29)15-18-31/h2-5,7-8,10-13,23,25,30H,1,6,9,14-20H2/t23-,25?/m1/s1. The first kappa shape index (κ1) is 29.3. The number of halogens is 2. The van der Waals surface area contributed by atoms with Crippen LogP contribution < -0.4 is 4.72 Å². The Kier molecular flexibility index (Phi) is 8.89. The molecule has 2 aromatic carbocycles. The van der Waals surface area contributed by atoms with Crippen molar-refractivity contribution in [3.63, 3.8) is 0 Å². The summed E-state index contributed by atoms with van der Waals surface area (Å²) in [6.07, 6.45) is 0.692. The molecule has 0 aliphatic carbocycles. The normalized spacial score (nSPS) is 21.0. The molecule has 2 saturated heterocycles. The fourth-order valence-corrected chi connectivity index (χ4v) is 7.32. The molecule has 1 amide bonds. The Labute approximate surface area is 228 Å². The van der Waals surface area contributed by atoms with Crippen LogP contribution in [0.25, 0.3) is 0 Å². The Hall–Kier alpha value is -2.67. The molecule has 2 aliphatic rings. The van der Waals surface area contributed by atoms with Gasteiger partial charge in [-0.25, -0.2) is 30.3 Å². The Morgan fingerprint density at radius 3 is 2.28 bits per heavy atom. The molecule has 0 bridgehead atoms. The Balaban J connectivity index is 1.55. The van der Waals surface area contributed by atoms with Gasteiger partial charge in [-0.05, 0) is 42.5 Å². The van der Waals surface area contributed by atoms with Crippen molar-refractivity contribution in [3.8, 4) is 0 Å². The fraction of sp³-hybridized carbons (Fsp3) is 0.444. The molecule has 2 heterocycles. The van der Waals surface area contributed by atoms with Gasteiger partial charge in [-0.3, -0.25) is 4.79 Å². The number of hydrogen-bond donors (Lipinski definition) is 1. The Bertz CT molecular complexity index is 1370. The molecule has 4 rings (SSSR count). The molecule has 2 aliphatic heterocycles. The van der Waals surface area contributed by atoms with Crippen molar-refractivity contribution in [2.75, 3.05) is 26.2 Å². The number of hydrogen-bond acceptors (Lipinski definition) is 5. The summed E-state index contributed by atoms with van der Waals surface area (Å²) >= 11 is 0. The number of nitrogens with one attached hydrogen (secondary N) is 1. The van der Waals surface area contributed by atoms with Gasteiger partial charge in [-0.1, -0.05) is 49.0 Å². The molecule has 0 aromatic heterocycles. The summed E-state index contributed by atoms with van der Waals surface area (Å²) in [6.45, 7) is 3.38. The van der Waals surface area contributed by atoms with E-state index in [9.17, 15) is 30.4 Å². The quantitative estimate of drug-likeness (QED) is 0.463. The summed E-state index contributed by atoms with van der Waals surface area (Å²) in [4.78, 5) is 15.0. The highest BCUT2D eigenvalue weighted by Gasteiger charge is 2.38. The van der Waals surface area contributed by atoms with Crippen molar-refractivity contribution in [2.45, 2.75) is 54.9 Å². The van der Waals surface area contributed by atoms with E-state index in [1.165, 1.54) is 21.3 Å². The molecular formula is C27H33F2N3O5S2. The van der Waals surface area contributed by atoms with Crippen LogP contribution in [0.3, 0.4) is 0 Å². The lowest BCUT2D eigenvalue weighted by molar-refractivity contribution is -0.138. The molecule has 0 saturated carbocycles. The highest BCUT2D eigenvalue weighted by atomic mass is 32.2. The van der Waals surface area contributed by atoms with E-state index in [2.05, 4.69) is 11.3 Å². The molecule has 0 radical (unpaired) electrons. The average molecular weight is 582 g/mol. The van der Waals surface area contributed by atoms with Gasteiger partial charge in [-0.2, -0.15) is 4.31 Å². The average Bonchev–Trinajstić information content (AvgIpc) is 3.41. The summed E-state index contributed by atoms with van der Waals surface area (Å²) in [7, 11) is -7.61. The number of alkyl halides is 2. The van der Waals surface area contributed by atoms with Crippen LogP contribution in [0.5, 0.6) is 0 Å². The predicted molar refractivity (Wildman–Crippen MR) is 144 cm³/mol. The smallest absolute Gasteiger partial charge is 0.251 e. The minimum absolute atomic E-state index is 0.0322. The number of piperidine rings is 1. The van der Waals surface area contributed by atoms with E-state index in [4.69, 9.17) is 0 Å². The molecule has 2 atom stereocenters. The van der Waals surface area contributed by atoms with Gasteiger partial charge in [0.25, 0.3) is 5.92 Å². The van der Waals surface area contributed by atoms with Gasteiger partial charge in [-0.15, -0.1) is 0 Å². The zero-order valence-electron chi connectivity index (χ0n) is 21.5. The summed E-state index contributed by atoms with van der Waals surface area (Å²) in [5.41, 5.74) is 1.49. The maximum Gasteiger partial charge on any atom is 0.251 e. The van der Waals surface area contributed by atoms with E-state index >= 15 is 0 Å². The number of rotatable bonds is 10. The summed E-state index contributed by atoms with van der Waals surface area (Å²) < 4.78 is 81.5. The van der Waals surface area contributed by atoms with Crippen LogP contribution in [-0.2, 0) is 31.3 Å². The first-order valence-corrected chi connectivity index (χ1v) is 15.8. The van der Waals surface area contributed by atoms with Crippen LogP contribution in [0.15, 0.2) is 71.5 Å². The van der Waals surface area contributed by atoms with Crippen molar-refractivity contribution in [1.29, 1.82) is 0 Å². The van der Waals surface area contributed by atoms with Crippen molar-refractivity contribution >= 4 is 26.0 Å². The predicted octanol–water partition coefficient (Wildman–Crippen LogP) is 3.49. The number of benzene rings is 2. The van der Waals surface area contributed by atoms with Gasteiger partial charge >= 0.3 is 0 Å². The third kappa shape index (κ3) is 7.10. The summed E-state index contributed by atoms with van der Waals surface area (Å²) in [5.74, 6) is -3.71. The monoisotopic (exact) mass is 581 g/mol. The second kappa shape index (κ2) is 11.8. The molecule has 212 valence electrons. The van der Waals surface area contributed by atoms with Gasteiger partial charge in [0, 0.05) is 50.5 Å². The van der Waals surface area contributed by atoms with Crippen molar-refractivity contribution in [2.24, 2.45) is 0 Å². The van der Waals surface area contributed by atoms with Crippen molar-refractivity contribution < 1.29 is 30.4 Å². The van der Waals surface area contributed by atoms with E-state index in [0.29, 0.717) is 24.8 Å². The van der Waals surface area contributed by atoms with Gasteiger partial charge in [0.15, 0.2) is 0 Å². The second-order valence-electron chi connectivity index (χ2n) is 9.96. The van der Waals surface area contributed by atoms with Gasteiger partial charge in [0.2, 0.25) is 26.0 Å². The van der Waals surface area contributed by atoms with E-state index in [-0.39, 0.29) is 49.8 Å². The molecule has 2 aromatic rings. The molecular weight excluding hydrogens is 548 g/mol. The lowest BCUT2D eigenvalue weighted by atomic mass is 9.90. The van der Waals surface area contributed by atoms with Gasteiger partial charge < -0.3 is 4.90 Å². The van der Waals surface area contributed by atoms with E-state index in [1.54, 1.807) is 12.1 Å². The first-order valence-electron chi connectivity index (χ1n) is 12.9. The maximum absolute atomic E-state index is 13.7. The molecule has 2 fully saturated rings. The van der Waals surface area contributed by atoms with Crippen LogP contribution in [0.2, 0.25) is 0 Å². The minimum Gasteiger partial charge on any atom is -0.342 e. The lowest BCUT2D eigenvalue weighted by Gasteiger charge is -2.34. The van der Waals surface area contributed by atoms with Crippen molar-refractivity contribution in [1.82, 2.24) is 13.9 Å². The summed E-state index contributed by atoms with van der Waals surface area (Å²) in [5, 5.41) is 0.780. The maximum atomic E-state index is 13.7. The molecule has 1 unspecified atom stereocenters. The third-order valence-corrected chi connectivity index (χ3v) is 10.3. The first-order chi connectivity index (χ1) is 18.4. The number of carbonyl (C=O) groups is 1. The zero-order chi connectivity index (χ0) is 28.3. The number of sulfonamides is 2. The molecule has 39 heavy (non-hydrogen) atoms. The second-order valence-corrected chi connectivity index (χ2v) is 13.6. The highest BCUT2D eigenvalue weighted by Crippen LogP contribution is 2.32. The molecule has 12 heteroatoms. The third-order valence-electron chi connectivity index (χ3n) is 7.34. The Morgan fingerprint density at radius 1 is 1.03 bits per heavy atom. The van der Waals surface area contributed by atoms with Crippen LogP contribution in [-0.4, -0.2) is 70.1 Å². The van der Waals surface area contributed by atoms with Crippen LogP contribution in [0, 0.1) is 0 Å². The number of amides is 1. The van der Waals surface area contributed by atoms with E-state index in [0.717, 1.165) is 11.0 Å². The molecule has 8 nitrogen and oxygen atoms in total. The van der Waals surface area contributed by atoms with Crippen LogP contribution >= 0.6 is 0 Å².